The van der Waals surface area contributed by atoms with Gasteiger partial charge in [-0.05, 0) is 66.5 Å². The minimum Gasteiger partial charge on any atom is -0.449 e. The number of aryl methyl sites for hydroxylation is 1. The van der Waals surface area contributed by atoms with E-state index in [2.05, 4.69) is 65.0 Å². The number of fused-ring (bicyclic) bond motifs is 1. The number of ether oxygens (including phenoxy) is 1. The molecule has 1 heterocycles. The summed E-state index contributed by atoms with van der Waals surface area (Å²) in [5.41, 5.74) is 4.18. The summed E-state index contributed by atoms with van der Waals surface area (Å²) >= 11 is 0. The van der Waals surface area contributed by atoms with Gasteiger partial charge in [-0.25, -0.2) is 14.8 Å². The number of nitrogens with zero attached hydrogens (tertiary/aromatic N) is 2. The minimum absolute atomic E-state index is 0.320. The third-order valence-corrected chi connectivity index (χ3v) is 6.90. The second-order valence-corrected chi connectivity index (χ2v) is 9.59. The van der Waals surface area contributed by atoms with Gasteiger partial charge in [0.25, 0.3) is 0 Å². The molecule has 6 heteroatoms. The molecule has 0 radical (unpaired) electrons. The normalized spacial score (nSPS) is 17.5. The topological polar surface area (TPSA) is 76.1 Å². The first-order chi connectivity index (χ1) is 17.6. The average Bonchev–Trinajstić information content (AvgIpc) is 2.93. The predicted molar refractivity (Wildman–Crippen MR) is 144 cm³/mol. The predicted octanol–water partition coefficient (Wildman–Crippen LogP) is 6.50. The van der Waals surface area contributed by atoms with Crippen LogP contribution in [0.2, 0.25) is 0 Å². The Hall–Kier alpha value is -3.93. The van der Waals surface area contributed by atoms with Gasteiger partial charge < -0.3 is 15.4 Å². The van der Waals surface area contributed by atoms with Gasteiger partial charge in [-0.15, -0.1) is 0 Å². The van der Waals surface area contributed by atoms with Crippen LogP contribution in [0.5, 0.6) is 0 Å². The van der Waals surface area contributed by atoms with Crippen molar-refractivity contribution < 1.29 is 9.53 Å². The third-order valence-electron chi connectivity index (χ3n) is 6.90. The number of rotatable bonds is 7. The van der Waals surface area contributed by atoms with E-state index in [0.29, 0.717) is 31.1 Å². The lowest BCUT2D eigenvalue weighted by Crippen LogP contribution is -2.31. The van der Waals surface area contributed by atoms with E-state index in [1.807, 2.05) is 36.5 Å². The van der Waals surface area contributed by atoms with Crippen molar-refractivity contribution in [1.29, 1.82) is 0 Å². The number of anilines is 1. The fourth-order valence-electron chi connectivity index (χ4n) is 4.81. The molecule has 1 saturated carbocycles. The quantitative estimate of drug-likeness (QED) is 0.316. The molecule has 1 fully saturated rings. The molecule has 0 atom stereocenters. The summed E-state index contributed by atoms with van der Waals surface area (Å²) in [6, 6.07) is 25.0. The molecule has 36 heavy (non-hydrogen) atoms. The highest BCUT2D eigenvalue weighted by molar-refractivity contribution is 5.87. The van der Waals surface area contributed by atoms with E-state index in [0.717, 1.165) is 48.1 Å². The van der Waals surface area contributed by atoms with Crippen molar-refractivity contribution in [2.45, 2.75) is 45.2 Å². The van der Waals surface area contributed by atoms with Crippen molar-refractivity contribution in [2.75, 3.05) is 11.9 Å². The van der Waals surface area contributed by atoms with Crippen LogP contribution in [0.3, 0.4) is 0 Å². The third kappa shape index (κ3) is 6.00. The number of hydrogen-bond donors (Lipinski definition) is 2. The monoisotopic (exact) mass is 480 g/mol. The summed E-state index contributed by atoms with van der Waals surface area (Å²) < 4.78 is 5.47. The largest absolute Gasteiger partial charge is 0.449 e. The number of carbonyl (C=O) groups excluding carboxylic acids is 1. The van der Waals surface area contributed by atoms with Crippen LogP contribution in [0.1, 0.15) is 36.8 Å². The Morgan fingerprint density at radius 2 is 1.69 bits per heavy atom. The Labute approximate surface area is 212 Å². The highest BCUT2D eigenvalue weighted by Gasteiger charge is 2.23. The summed E-state index contributed by atoms with van der Waals surface area (Å²) in [5.74, 6) is 1.06. The van der Waals surface area contributed by atoms with Crippen LogP contribution >= 0.6 is 0 Å². The van der Waals surface area contributed by atoms with Gasteiger partial charge in [-0.3, -0.25) is 0 Å². The number of aromatic nitrogens is 2. The molecule has 1 aromatic heterocycles. The number of benzene rings is 3. The van der Waals surface area contributed by atoms with Crippen LogP contribution < -0.4 is 10.6 Å². The molecule has 0 unspecified atom stereocenters. The van der Waals surface area contributed by atoms with Crippen molar-refractivity contribution in [3.8, 4) is 11.3 Å². The molecule has 1 amide bonds. The van der Waals surface area contributed by atoms with Crippen LogP contribution in [-0.2, 0) is 11.3 Å². The van der Waals surface area contributed by atoms with E-state index in [1.165, 1.54) is 10.8 Å². The van der Waals surface area contributed by atoms with Gasteiger partial charge in [0.15, 0.2) is 0 Å². The van der Waals surface area contributed by atoms with Gasteiger partial charge in [0.05, 0.1) is 12.3 Å². The molecule has 0 saturated heterocycles. The van der Waals surface area contributed by atoms with E-state index in [9.17, 15) is 4.79 Å². The minimum atomic E-state index is -0.353. The number of carbonyl (C=O) groups is 1. The number of alkyl carbamates (subject to hydrolysis) is 1. The molecular weight excluding hydrogens is 448 g/mol. The first-order valence-corrected chi connectivity index (χ1v) is 12.7. The lowest BCUT2D eigenvalue weighted by Gasteiger charge is -2.29. The standard InChI is InChI=1S/C30H32N4O2/c1-21-18-31-29(34-28(21)26-14-13-24-9-5-6-10-25(24)17-26)33-27-15-11-23(12-16-27)20-36-30(35)32-19-22-7-3-2-4-8-22/h2-10,13-14,17-18,23,27H,11-12,15-16,19-20H2,1H3,(H,32,35)(H,31,33,34). The first kappa shape index (κ1) is 23.8. The highest BCUT2D eigenvalue weighted by Crippen LogP contribution is 2.29. The fraction of sp³-hybridized carbons (Fsp3) is 0.300. The van der Waals surface area contributed by atoms with E-state index < -0.39 is 0 Å². The van der Waals surface area contributed by atoms with Crippen molar-refractivity contribution in [1.82, 2.24) is 15.3 Å². The number of nitrogens with one attached hydrogen (secondary N) is 2. The number of amides is 1. The SMILES string of the molecule is Cc1cnc(NC2CCC(COC(=O)NCc3ccccc3)CC2)nc1-c1ccc2ccccc2c1. The van der Waals surface area contributed by atoms with Crippen molar-refractivity contribution in [3.63, 3.8) is 0 Å². The maximum absolute atomic E-state index is 12.1. The Morgan fingerprint density at radius 3 is 2.50 bits per heavy atom. The Kier molecular flexibility index (Phi) is 7.41. The van der Waals surface area contributed by atoms with Gasteiger partial charge in [-0.1, -0.05) is 66.7 Å². The van der Waals surface area contributed by atoms with Crippen LogP contribution in [0, 0.1) is 12.8 Å². The van der Waals surface area contributed by atoms with E-state index >= 15 is 0 Å². The van der Waals surface area contributed by atoms with E-state index in [-0.39, 0.29) is 6.09 Å². The second-order valence-electron chi connectivity index (χ2n) is 9.59. The molecule has 2 N–H and O–H groups in total. The zero-order valence-corrected chi connectivity index (χ0v) is 20.6. The average molecular weight is 481 g/mol. The van der Waals surface area contributed by atoms with E-state index in [4.69, 9.17) is 9.72 Å². The smallest absolute Gasteiger partial charge is 0.407 e. The van der Waals surface area contributed by atoms with Gasteiger partial charge >= 0.3 is 6.09 Å². The Balaban J connectivity index is 1.11. The van der Waals surface area contributed by atoms with Crippen LogP contribution in [-0.4, -0.2) is 28.7 Å². The zero-order chi connectivity index (χ0) is 24.7. The summed E-state index contributed by atoms with van der Waals surface area (Å²) in [5, 5.41) is 8.79. The molecule has 5 rings (SSSR count). The van der Waals surface area contributed by atoms with Crippen LogP contribution in [0.15, 0.2) is 79.0 Å². The van der Waals surface area contributed by atoms with Crippen molar-refractivity contribution in [2.24, 2.45) is 5.92 Å². The van der Waals surface area contributed by atoms with Gasteiger partial charge in [0.2, 0.25) is 5.95 Å². The second kappa shape index (κ2) is 11.2. The van der Waals surface area contributed by atoms with Crippen molar-refractivity contribution >= 4 is 22.8 Å². The van der Waals surface area contributed by atoms with Crippen LogP contribution in [0.4, 0.5) is 10.7 Å². The molecule has 1 aliphatic rings. The fourth-order valence-corrected chi connectivity index (χ4v) is 4.81. The molecule has 0 aliphatic heterocycles. The maximum atomic E-state index is 12.1. The molecule has 0 bridgehead atoms. The van der Waals surface area contributed by atoms with Gasteiger partial charge in [0.1, 0.15) is 0 Å². The lowest BCUT2D eigenvalue weighted by molar-refractivity contribution is 0.114. The number of hydrogen-bond acceptors (Lipinski definition) is 5. The lowest BCUT2D eigenvalue weighted by atomic mass is 9.86. The molecule has 0 spiro atoms. The first-order valence-electron chi connectivity index (χ1n) is 12.7. The highest BCUT2D eigenvalue weighted by atomic mass is 16.5. The van der Waals surface area contributed by atoms with Crippen molar-refractivity contribution in [3.05, 3.63) is 90.1 Å². The molecule has 184 valence electrons. The van der Waals surface area contributed by atoms with Gasteiger partial charge in [-0.2, -0.15) is 0 Å². The molecule has 1 aliphatic carbocycles. The molecule has 3 aromatic carbocycles. The van der Waals surface area contributed by atoms with E-state index in [1.54, 1.807) is 0 Å². The molecule has 6 nitrogen and oxygen atoms in total. The summed E-state index contributed by atoms with van der Waals surface area (Å²) in [6.45, 7) is 2.99. The van der Waals surface area contributed by atoms with Gasteiger partial charge in [0, 0.05) is 24.3 Å². The Bertz CT molecular complexity index is 1320. The summed E-state index contributed by atoms with van der Waals surface area (Å²) in [7, 11) is 0. The Morgan fingerprint density at radius 1 is 0.944 bits per heavy atom. The summed E-state index contributed by atoms with van der Waals surface area (Å²) in [4.78, 5) is 21.5. The molecular formula is C30H32N4O2. The zero-order valence-electron chi connectivity index (χ0n) is 20.6. The van der Waals surface area contributed by atoms with Crippen LogP contribution in [0.25, 0.3) is 22.0 Å². The maximum Gasteiger partial charge on any atom is 0.407 e. The molecule has 4 aromatic rings. The summed E-state index contributed by atoms with van der Waals surface area (Å²) in [6.07, 6.45) is 5.56.